The van der Waals surface area contributed by atoms with E-state index in [1.54, 1.807) is 0 Å². The topological polar surface area (TPSA) is 61.5 Å². The summed E-state index contributed by atoms with van der Waals surface area (Å²) in [5.74, 6) is 0.127. The van der Waals surface area contributed by atoms with E-state index < -0.39 is 5.41 Å². The molecule has 14 heavy (non-hydrogen) atoms. The van der Waals surface area contributed by atoms with Gasteiger partial charge in [-0.1, -0.05) is 0 Å². The molecule has 4 heteroatoms. The standard InChI is InChI=1S/C10H19NO3/c1-3-14-7-10(6-11,8-4-5-8)9(12)13-2/h8H,3-7,11H2,1-2H3. The van der Waals surface area contributed by atoms with Crippen LogP contribution in [0.3, 0.4) is 0 Å². The van der Waals surface area contributed by atoms with Crippen molar-refractivity contribution in [2.24, 2.45) is 17.1 Å². The molecule has 0 amide bonds. The third-order valence-electron chi connectivity index (χ3n) is 2.88. The summed E-state index contributed by atoms with van der Waals surface area (Å²) in [6.45, 7) is 3.21. The van der Waals surface area contributed by atoms with Crippen LogP contribution in [-0.4, -0.2) is 32.8 Å². The van der Waals surface area contributed by atoms with E-state index in [2.05, 4.69) is 0 Å². The van der Waals surface area contributed by atoms with Gasteiger partial charge in [0.15, 0.2) is 0 Å². The number of esters is 1. The summed E-state index contributed by atoms with van der Waals surface area (Å²) in [7, 11) is 1.40. The molecule has 0 radical (unpaired) electrons. The number of rotatable bonds is 6. The van der Waals surface area contributed by atoms with Gasteiger partial charge < -0.3 is 15.2 Å². The summed E-state index contributed by atoms with van der Waals surface area (Å²) in [5, 5.41) is 0. The van der Waals surface area contributed by atoms with Crippen molar-refractivity contribution in [2.45, 2.75) is 19.8 Å². The number of carbonyl (C=O) groups excluding carboxylic acids is 1. The highest BCUT2D eigenvalue weighted by Gasteiger charge is 2.51. The van der Waals surface area contributed by atoms with Gasteiger partial charge in [0, 0.05) is 13.2 Å². The van der Waals surface area contributed by atoms with Crippen LogP contribution < -0.4 is 5.73 Å². The zero-order valence-electron chi connectivity index (χ0n) is 8.91. The first-order valence-corrected chi connectivity index (χ1v) is 5.07. The Bertz CT molecular complexity index is 204. The molecule has 0 aromatic rings. The number of hydrogen-bond donors (Lipinski definition) is 1. The van der Waals surface area contributed by atoms with Crippen molar-refractivity contribution < 1.29 is 14.3 Å². The maximum absolute atomic E-state index is 11.7. The van der Waals surface area contributed by atoms with E-state index in [9.17, 15) is 4.79 Å². The molecule has 2 N–H and O–H groups in total. The molecule has 4 nitrogen and oxygen atoms in total. The fraction of sp³-hybridized carbons (Fsp3) is 0.900. The first kappa shape index (κ1) is 11.5. The van der Waals surface area contributed by atoms with Crippen LogP contribution in [0.4, 0.5) is 0 Å². The summed E-state index contributed by atoms with van der Waals surface area (Å²) in [6.07, 6.45) is 2.11. The summed E-state index contributed by atoms with van der Waals surface area (Å²) >= 11 is 0. The highest BCUT2D eigenvalue weighted by molar-refractivity contribution is 5.78. The van der Waals surface area contributed by atoms with Crippen LogP contribution in [-0.2, 0) is 14.3 Å². The minimum Gasteiger partial charge on any atom is -0.468 e. The van der Waals surface area contributed by atoms with Crippen molar-refractivity contribution in [2.75, 3.05) is 26.9 Å². The maximum Gasteiger partial charge on any atom is 0.315 e. The third kappa shape index (κ3) is 2.07. The van der Waals surface area contributed by atoms with Crippen LogP contribution >= 0.6 is 0 Å². The van der Waals surface area contributed by atoms with E-state index in [1.807, 2.05) is 6.92 Å². The Kier molecular flexibility index (Phi) is 3.89. The Hall–Kier alpha value is -0.610. The fourth-order valence-corrected chi connectivity index (χ4v) is 1.78. The lowest BCUT2D eigenvalue weighted by Crippen LogP contribution is -2.45. The van der Waals surface area contributed by atoms with E-state index in [-0.39, 0.29) is 5.97 Å². The zero-order valence-corrected chi connectivity index (χ0v) is 8.91. The highest BCUT2D eigenvalue weighted by atomic mass is 16.5. The van der Waals surface area contributed by atoms with Gasteiger partial charge in [0.1, 0.15) is 5.41 Å². The second-order valence-electron chi connectivity index (χ2n) is 3.76. The van der Waals surface area contributed by atoms with Gasteiger partial charge in [0.25, 0.3) is 0 Å². The Balaban J connectivity index is 2.69. The van der Waals surface area contributed by atoms with Crippen molar-refractivity contribution in [1.82, 2.24) is 0 Å². The molecule has 0 aliphatic heterocycles. The van der Waals surface area contributed by atoms with Crippen LogP contribution in [0.15, 0.2) is 0 Å². The number of ether oxygens (including phenoxy) is 2. The monoisotopic (exact) mass is 201 g/mol. The molecule has 0 saturated heterocycles. The van der Waals surface area contributed by atoms with E-state index in [4.69, 9.17) is 15.2 Å². The molecule has 1 rings (SSSR count). The van der Waals surface area contributed by atoms with Gasteiger partial charge >= 0.3 is 5.97 Å². The number of carbonyl (C=O) groups is 1. The lowest BCUT2D eigenvalue weighted by molar-refractivity contribution is -0.157. The van der Waals surface area contributed by atoms with E-state index in [0.717, 1.165) is 12.8 Å². The predicted octanol–water partition coefficient (Wildman–Crippen LogP) is 0.551. The number of methoxy groups -OCH3 is 1. The largest absolute Gasteiger partial charge is 0.468 e. The van der Waals surface area contributed by atoms with Gasteiger partial charge in [-0.05, 0) is 25.7 Å². The Morgan fingerprint density at radius 1 is 1.57 bits per heavy atom. The van der Waals surface area contributed by atoms with Gasteiger partial charge in [0.05, 0.1) is 13.7 Å². The van der Waals surface area contributed by atoms with Crippen LogP contribution in [0, 0.1) is 11.3 Å². The van der Waals surface area contributed by atoms with Crippen LogP contribution in [0.1, 0.15) is 19.8 Å². The third-order valence-corrected chi connectivity index (χ3v) is 2.88. The Labute approximate surface area is 84.7 Å². The molecular weight excluding hydrogens is 182 g/mol. The molecule has 1 saturated carbocycles. The molecule has 1 fully saturated rings. The predicted molar refractivity (Wildman–Crippen MR) is 52.7 cm³/mol. The minimum absolute atomic E-state index is 0.226. The van der Waals surface area contributed by atoms with Crippen molar-refractivity contribution >= 4 is 5.97 Å². The molecule has 0 aromatic heterocycles. The Morgan fingerprint density at radius 2 is 2.21 bits per heavy atom. The van der Waals surface area contributed by atoms with Crippen molar-refractivity contribution in [3.63, 3.8) is 0 Å². The van der Waals surface area contributed by atoms with E-state index >= 15 is 0 Å². The van der Waals surface area contributed by atoms with Gasteiger partial charge in [-0.2, -0.15) is 0 Å². The first-order valence-electron chi connectivity index (χ1n) is 5.07. The molecule has 82 valence electrons. The Morgan fingerprint density at radius 3 is 2.57 bits per heavy atom. The fourth-order valence-electron chi connectivity index (χ4n) is 1.78. The van der Waals surface area contributed by atoms with Gasteiger partial charge in [-0.15, -0.1) is 0 Å². The summed E-state index contributed by atoms with van der Waals surface area (Å²) < 4.78 is 10.1. The lowest BCUT2D eigenvalue weighted by Gasteiger charge is -2.29. The second-order valence-corrected chi connectivity index (χ2v) is 3.76. The van der Waals surface area contributed by atoms with Gasteiger partial charge in [0.2, 0.25) is 0 Å². The van der Waals surface area contributed by atoms with Crippen molar-refractivity contribution in [3.05, 3.63) is 0 Å². The molecule has 1 unspecified atom stereocenters. The summed E-state index contributed by atoms with van der Waals surface area (Å²) in [6, 6.07) is 0. The van der Waals surface area contributed by atoms with Crippen LogP contribution in [0.25, 0.3) is 0 Å². The quantitative estimate of drug-likeness (QED) is 0.637. The molecule has 1 atom stereocenters. The SMILES string of the molecule is CCOCC(CN)(C(=O)OC)C1CC1. The lowest BCUT2D eigenvalue weighted by atomic mass is 9.83. The zero-order chi connectivity index (χ0) is 10.6. The van der Waals surface area contributed by atoms with Crippen LogP contribution in [0.5, 0.6) is 0 Å². The molecule has 0 spiro atoms. The molecule has 0 aromatic carbocycles. The van der Waals surface area contributed by atoms with Gasteiger partial charge in [-0.3, -0.25) is 4.79 Å². The average molecular weight is 201 g/mol. The number of hydrogen-bond acceptors (Lipinski definition) is 4. The highest BCUT2D eigenvalue weighted by Crippen LogP contribution is 2.46. The van der Waals surface area contributed by atoms with E-state index in [0.29, 0.717) is 25.7 Å². The molecule has 0 heterocycles. The van der Waals surface area contributed by atoms with Crippen molar-refractivity contribution in [3.8, 4) is 0 Å². The molecular formula is C10H19NO3. The second kappa shape index (κ2) is 4.75. The molecule has 1 aliphatic carbocycles. The normalized spacial score (nSPS) is 20.2. The summed E-state index contributed by atoms with van der Waals surface area (Å²) in [5.41, 5.74) is 5.09. The molecule has 0 bridgehead atoms. The smallest absolute Gasteiger partial charge is 0.315 e. The molecule has 1 aliphatic rings. The summed E-state index contributed by atoms with van der Waals surface area (Å²) in [4.78, 5) is 11.7. The van der Waals surface area contributed by atoms with Crippen LogP contribution in [0.2, 0.25) is 0 Å². The maximum atomic E-state index is 11.7. The minimum atomic E-state index is -0.592. The van der Waals surface area contributed by atoms with Gasteiger partial charge in [-0.25, -0.2) is 0 Å². The van der Waals surface area contributed by atoms with E-state index in [1.165, 1.54) is 7.11 Å². The van der Waals surface area contributed by atoms with Crippen molar-refractivity contribution in [1.29, 1.82) is 0 Å². The first-order chi connectivity index (χ1) is 6.71. The number of nitrogens with two attached hydrogens (primary N) is 1. The average Bonchev–Trinajstić information content (AvgIpc) is 3.03.